The molecular formula is C10H13NO3S2. The SMILES string of the molecule is CC(=O)CSCc1ccc(S(N)(=O)=O)cc1. The Hall–Kier alpha value is -0.850. The van der Waals surface area contributed by atoms with Crippen molar-refractivity contribution in [2.75, 3.05) is 5.75 Å². The number of sulfonamides is 1. The lowest BCUT2D eigenvalue weighted by Crippen LogP contribution is -2.11. The van der Waals surface area contributed by atoms with Crippen LogP contribution in [0.4, 0.5) is 0 Å². The van der Waals surface area contributed by atoms with E-state index in [-0.39, 0.29) is 10.7 Å². The third kappa shape index (κ3) is 4.34. The van der Waals surface area contributed by atoms with Crippen LogP contribution in [0.5, 0.6) is 0 Å². The van der Waals surface area contributed by atoms with Crippen LogP contribution in [-0.4, -0.2) is 20.0 Å². The fourth-order valence-corrected chi connectivity index (χ4v) is 2.42. The molecule has 0 bridgehead atoms. The fraction of sp³-hybridized carbons (Fsp3) is 0.300. The second kappa shape index (κ2) is 5.47. The van der Waals surface area contributed by atoms with Gasteiger partial charge in [0.15, 0.2) is 0 Å². The van der Waals surface area contributed by atoms with Gasteiger partial charge in [-0.05, 0) is 24.6 Å². The lowest BCUT2D eigenvalue weighted by Gasteiger charge is -2.02. The van der Waals surface area contributed by atoms with E-state index in [2.05, 4.69) is 0 Å². The van der Waals surface area contributed by atoms with Gasteiger partial charge in [-0.2, -0.15) is 0 Å². The van der Waals surface area contributed by atoms with Crippen molar-refractivity contribution < 1.29 is 13.2 Å². The average molecular weight is 259 g/mol. The minimum Gasteiger partial charge on any atom is -0.299 e. The first-order valence-corrected chi connectivity index (χ1v) is 7.28. The van der Waals surface area contributed by atoms with Crippen LogP contribution in [0.3, 0.4) is 0 Å². The molecule has 0 saturated carbocycles. The molecule has 0 atom stereocenters. The van der Waals surface area contributed by atoms with E-state index >= 15 is 0 Å². The summed E-state index contributed by atoms with van der Waals surface area (Å²) in [4.78, 5) is 10.8. The van der Waals surface area contributed by atoms with Crippen molar-refractivity contribution in [3.8, 4) is 0 Å². The molecular weight excluding hydrogens is 246 g/mol. The minimum absolute atomic E-state index is 0.104. The number of primary sulfonamides is 1. The molecule has 0 fully saturated rings. The normalized spacial score (nSPS) is 11.4. The van der Waals surface area contributed by atoms with E-state index < -0.39 is 10.0 Å². The summed E-state index contributed by atoms with van der Waals surface area (Å²) in [5.74, 6) is 1.28. The van der Waals surface area contributed by atoms with E-state index in [0.29, 0.717) is 11.5 Å². The first-order chi connectivity index (χ1) is 7.39. The van der Waals surface area contributed by atoms with Gasteiger partial charge in [0.2, 0.25) is 10.0 Å². The molecule has 4 nitrogen and oxygen atoms in total. The van der Waals surface area contributed by atoms with Crippen LogP contribution in [0.1, 0.15) is 12.5 Å². The second-order valence-corrected chi connectivity index (χ2v) is 5.93. The van der Waals surface area contributed by atoms with Gasteiger partial charge < -0.3 is 0 Å². The van der Waals surface area contributed by atoms with Gasteiger partial charge in [-0.15, -0.1) is 11.8 Å². The van der Waals surface area contributed by atoms with Crippen LogP contribution in [0, 0.1) is 0 Å². The number of nitrogens with two attached hydrogens (primary N) is 1. The zero-order chi connectivity index (χ0) is 12.2. The minimum atomic E-state index is -3.61. The van der Waals surface area contributed by atoms with Crippen molar-refractivity contribution in [2.45, 2.75) is 17.6 Å². The van der Waals surface area contributed by atoms with Crippen molar-refractivity contribution in [3.05, 3.63) is 29.8 Å². The first kappa shape index (κ1) is 13.2. The summed E-state index contributed by atoms with van der Waals surface area (Å²) in [5.41, 5.74) is 0.971. The van der Waals surface area contributed by atoms with Gasteiger partial charge in [0.05, 0.1) is 10.6 Å². The van der Waals surface area contributed by atoms with Gasteiger partial charge in [-0.25, -0.2) is 13.6 Å². The Kier molecular flexibility index (Phi) is 4.52. The molecule has 1 aromatic carbocycles. The fourth-order valence-electron chi connectivity index (χ4n) is 1.09. The summed E-state index contributed by atoms with van der Waals surface area (Å²) in [7, 11) is -3.61. The second-order valence-electron chi connectivity index (χ2n) is 3.38. The maximum Gasteiger partial charge on any atom is 0.238 e. The van der Waals surface area contributed by atoms with E-state index in [1.807, 2.05) is 0 Å². The Labute approximate surface area is 99.3 Å². The summed E-state index contributed by atoms with van der Waals surface area (Å²) in [6, 6.07) is 6.34. The lowest BCUT2D eigenvalue weighted by molar-refractivity contribution is -0.114. The number of carbonyl (C=O) groups excluding carboxylic acids is 1. The van der Waals surface area contributed by atoms with E-state index in [4.69, 9.17) is 5.14 Å². The third-order valence-corrected chi connectivity index (χ3v) is 3.90. The van der Waals surface area contributed by atoms with Gasteiger partial charge in [0, 0.05) is 5.75 Å². The van der Waals surface area contributed by atoms with Crippen molar-refractivity contribution in [3.63, 3.8) is 0 Å². The zero-order valence-electron chi connectivity index (χ0n) is 8.84. The molecule has 0 spiro atoms. The molecule has 0 aliphatic carbocycles. The molecule has 16 heavy (non-hydrogen) atoms. The standard InChI is InChI=1S/C10H13NO3S2/c1-8(12)6-15-7-9-2-4-10(5-3-9)16(11,13)14/h2-5H,6-7H2,1H3,(H2,11,13,14). The molecule has 0 radical (unpaired) electrons. The van der Waals surface area contributed by atoms with Crippen LogP contribution >= 0.6 is 11.8 Å². The number of carbonyl (C=O) groups is 1. The Morgan fingerprint density at radius 2 is 1.88 bits per heavy atom. The van der Waals surface area contributed by atoms with Crippen molar-refractivity contribution in [1.82, 2.24) is 0 Å². The highest BCUT2D eigenvalue weighted by molar-refractivity contribution is 7.99. The Bertz CT molecular complexity index is 465. The molecule has 6 heteroatoms. The number of rotatable bonds is 5. The molecule has 0 saturated heterocycles. The van der Waals surface area contributed by atoms with Crippen LogP contribution < -0.4 is 5.14 Å². The van der Waals surface area contributed by atoms with E-state index in [9.17, 15) is 13.2 Å². The third-order valence-electron chi connectivity index (χ3n) is 1.83. The predicted octanol–water partition coefficient (Wildman–Crippen LogP) is 1.16. The summed E-state index contributed by atoms with van der Waals surface area (Å²) in [6.07, 6.45) is 0. The number of hydrogen-bond acceptors (Lipinski definition) is 4. The maximum atomic E-state index is 11.0. The van der Waals surface area contributed by atoms with Crippen LogP contribution in [0.25, 0.3) is 0 Å². The topological polar surface area (TPSA) is 77.2 Å². The molecule has 1 rings (SSSR count). The molecule has 88 valence electrons. The lowest BCUT2D eigenvalue weighted by atomic mass is 10.2. The number of hydrogen-bond donors (Lipinski definition) is 1. The van der Waals surface area contributed by atoms with Gasteiger partial charge in [-0.1, -0.05) is 12.1 Å². The van der Waals surface area contributed by atoms with Gasteiger partial charge in [-0.3, -0.25) is 4.79 Å². The highest BCUT2D eigenvalue weighted by Crippen LogP contribution is 2.14. The largest absolute Gasteiger partial charge is 0.299 e. The Morgan fingerprint density at radius 3 is 2.31 bits per heavy atom. The number of Topliss-reactive ketones (excluding diaryl/α,β-unsaturated/α-hetero) is 1. The highest BCUT2D eigenvalue weighted by atomic mass is 32.2. The smallest absolute Gasteiger partial charge is 0.238 e. The zero-order valence-corrected chi connectivity index (χ0v) is 10.5. The first-order valence-electron chi connectivity index (χ1n) is 4.58. The van der Waals surface area contributed by atoms with E-state index in [1.165, 1.54) is 30.8 Å². The molecule has 0 heterocycles. The molecule has 1 aromatic rings. The van der Waals surface area contributed by atoms with Crippen LogP contribution in [-0.2, 0) is 20.6 Å². The molecule has 0 aliphatic heterocycles. The summed E-state index contributed by atoms with van der Waals surface area (Å²) < 4.78 is 22.0. The average Bonchev–Trinajstić information content (AvgIpc) is 2.16. The quantitative estimate of drug-likeness (QED) is 0.860. The highest BCUT2D eigenvalue weighted by Gasteiger charge is 2.06. The maximum absolute atomic E-state index is 11.0. The molecule has 0 aliphatic rings. The van der Waals surface area contributed by atoms with Crippen molar-refractivity contribution >= 4 is 27.6 Å². The molecule has 0 aromatic heterocycles. The number of benzene rings is 1. The van der Waals surface area contributed by atoms with Crippen LogP contribution in [0.15, 0.2) is 29.2 Å². The summed E-state index contributed by atoms with van der Waals surface area (Å²) >= 11 is 1.50. The van der Waals surface area contributed by atoms with Gasteiger partial charge >= 0.3 is 0 Å². The Morgan fingerprint density at radius 1 is 1.31 bits per heavy atom. The molecule has 2 N–H and O–H groups in total. The monoisotopic (exact) mass is 259 g/mol. The van der Waals surface area contributed by atoms with E-state index in [1.54, 1.807) is 12.1 Å². The molecule has 0 amide bonds. The van der Waals surface area contributed by atoms with Crippen LogP contribution in [0.2, 0.25) is 0 Å². The Balaban J connectivity index is 2.62. The van der Waals surface area contributed by atoms with Gasteiger partial charge in [0.25, 0.3) is 0 Å². The van der Waals surface area contributed by atoms with Crippen molar-refractivity contribution in [1.29, 1.82) is 0 Å². The number of thioether (sulfide) groups is 1. The summed E-state index contributed by atoms with van der Waals surface area (Å²) in [6.45, 7) is 1.54. The predicted molar refractivity (Wildman–Crippen MR) is 64.7 cm³/mol. The van der Waals surface area contributed by atoms with Gasteiger partial charge in [0.1, 0.15) is 5.78 Å². The number of ketones is 1. The van der Waals surface area contributed by atoms with Crippen molar-refractivity contribution in [2.24, 2.45) is 5.14 Å². The summed E-state index contributed by atoms with van der Waals surface area (Å²) in [5, 5.41) is 4.97. The van der Waals surface area contributed by atoms with E-state index in [0.717, 1.165) is 5.56 Å². The molecule has 0 unspecified atom stereocenters.